The fourth-order valence-electron chi connectivity index (χ4n) is 2.24. The quantitative estimate of drug-likeness (QED) is 0.903. The van der Waals surface area contributed by atoms with E-state index in [9.17, 15) is 0 Å². The maximum Gasteiger partial charge on any atom is 0.148 e. The highest BCUT2D eigenvalue weighted by molar-refractivity contribution is 5.39. The van der Waals surface area contributed by atoms with Gasteiger partial charge in [-0.25, -0.2) is 0 Å². The Morgan fingerprint density at radius 3 is 2.60 bits per heavy atom. The number of ether oxygens (including phenoxy) is 1. The molecule has 0 aliphatic rings. The molecule has 0 aliphatic heterocycles. The lowest BCUT2D eigenvalue weighted by Crippen LogP contribution is -2.04. The van der Waals surface area contributed by atoms with Crippen molar-refractivity contribution in [2.24, 2.45) is 5.73 Å². The highest BCUT2D eigenvalue weighted by Gasteiger charge is 2.07. The van der Waals surface area contributed by atoms with E-state index in [1.54, 1.807) is 0 Å². The van der Waals surface area contributed by atoms with E-state index >= 15 is 0 Å². The molecule has 0 spiro atoms. The van der Waals surface area contributed by atoms with E-state index in [2.05, 4.69) is 31.0 Å². The normalized spacial score (nSPS) is 10.6. The molecule has 2 aromatic rings. The second kappa shape index (κ2) is 6.53. The predicted molar refractivity (Wildman–Crippen MR) is 82.4 cm³/mol. The summed E-state index contributed by atoms with van der Waals surface area (Å²) < 4.78 is 5.98. The molecular formula is C17H22N2O. The molecule has 2 N–H and O–H groups in total. The Kier molecular flexibility index (Phi) is 4.74. The van der Waals surface area contributed by atoms with Crippen LogP contribution in [0.4, 0.5) is 0 Å². The van der Waals surface area contributed by atoms with Gasteiger partial charge in [-0.2, -0.15) is 0 Å². The lowest BCUT2D eigenvalue weighted by Gasteiger charge is -2.12. The molecular weight excluding hydrogens is 248 g/mol. The number of hydrogen-bond acceptors (Lipinski definition) is 3. The summed E-state index contributed by atoms with van der Waals surface area (Å²) in [5.74, 6) is 1.69. The minimum atomic E-state index is 0.670. The first-order valence-electron chi connectivity index (χ1n) is 7.08. The van der Waals surface area contributed by atoms with E-state index < -0.39 is 0 Å². The molecule has 0 unspecified atom stereocenters. The summed E-state index contributed by atoms with van der Waals surface area (Å²) in [6, 6.07) is 10.1. The number of nitrogens with zero attached hydrogens (tertiary/aromatic N) is 1. The van der Waals surface area contributed by atoms with Crippen molar-refractivity contribution >= 4 is 0 Å². The van der Waals surface area contributed by atoms with Crippen LogP contribution in [-0.4, -0.2) is 11.5 Å². The van der Waals surface area contributed by atoms with Gasteiger partial charge in [0.2, 0.25) is 0 Å². The highest BCUT2D eigenvalue weighted by Crippen LogP contribution is 2.26. The third-order valence-electron chi connectivity index (χ3n) is 3.36. The number of rotatable bonds is 5. The summed E-state index contributed by atoms with van der Waals surface area (Å²) in [6.45, 7) is 6.84. The van der Waals surface area contributed by atoms with E-state index in [0.717, 1.165) is 35.7 Å². The highest BCUT2D eigenvalue weighted by atomic mass is 16.5. The van der Waals surface area contributed by atoms with Gasteiger partial charge in [0.15, 0.2) is 0 Å². The first kappa shape index (κ1) is 14.5. The Morgan fingerprint density at radius 1 is 1.15 bits per heavy atom. The summed E-state index contributed by atoms with van der Waals surface area (Å²) in [5.41, 5.74) is 10.1. The number of nitrogens with two attached hydrogens (primary N) is 1. The van der Waals surface area contributed by atoms with Gasteiger partial charge in [0.1, 0.15) is 11.5 Å². The number of aromatic nitrogens is 1. The molecule has 0 bridgehead atoms. The molecule has 0 fully saturated rings. The Morgan fingerprint density at radius 2 is 1.95 bits per heavy atom. The Bertz CT molecular complexity index is 594. The molecule has 0 atom stereocenters. The standard InChI is InChI=1S/C17H22N2O/c1-4-16-17(8-5-13(3)19-16)20-15-7-6-14(9-10-18)12(2)11-15/h5-8,11H,4,9-10,18H2,1-3H3. The first-order chi connectivity index (χ1) is 9.63. The van der Waals surface area contributed by atoms with Gasteiger partial charge in [-0.1, -0.05) is 13.0 Å². The van der Waals surface area contributed by atoms with E-state index in [1.807, 2.05) is 25.1 Å². The van der Waals surface area contributed by atoms with E-state index in [-0.39, 0.29) is 0 Å². The summed E-state index contributed by atoms with van der Waals surface area (Å²) in [5, 5.41) is 0. The SMILES string of the molecule is CCc1nc(C)ccc1Oc1ccc(CCN)c(C)c1. The summed E-state index contributed by atoms with van der Waals surface area (Å²) in [4.78, 5) is 4.52. The van der Waals surface area contributed by atoms with Crippen LogP contribution in [0.5, 0.6) is 11.5 Å². The lowest BCUT2D eigenvalue weighted by atomic mass is 10.1. The lowest BCUT2D eigenvalue weighted by molar-refractivity contribution is 0.472. The average molecular weight is 270 g/mol. The Hall–Kier alpha value is -1.87. The second-order valence-corrected chi connectivity index (χ2v) is 4.98. The van der Waals surface area contributed by atoms with Crippen molar-refractivity contribution in [3.63, 3.8) is 0 Å². The van der Waals surface area contributed by atoms with Crippen LogP contribution in [0.15, 0.2) is 30.3 Å². The molecule has 0 saturated heterocycles. The van der Waals surface area contributed by atoms with Gasteiger partial charge in [-0.3, -0.25) is 4.98 Å². The maximum atomic E-state index is 5.98. The average Bonchev–Trinajstić information content (AvgIpc) is 2.44. The Balaban J connectivity index is 2.24. The number of hydrogen-bond donors (Lipinski definition) is 1. The van der Waals surface area contributed by atoms with Crippen molar-refractivity contribution in [3.8, 4) is 11.5 Å². The molecule has 1 heterocycles. The van der Waals surface area contributed by atoms with Crippen LogP contribution in [0.25, 0.3) is 0 Å². The molecule has 0 radical (unpaired) electrons. The van der Waals surface area contributed by atoms with Crippen LogP contribution in [0.3, 0.4) is 0 Å². The molecule has 106 valence electrons. The third kappa shape index (κ3) is 3.36. The van der Waals surface area contributed by atoms with Gasteiger partial charge in [0.25, 0.3) is 0 Å². The van der Waals surface area contributed by atoms with Gasteiger partial charge in [0, 0.05) is 5.69 Å². The van der Waals surface area contributed by atoms with Crippen LogP contribution in [0, 0.1) is 13.8 Å². The van der Waals surface area contributed by atoms with Crippen LogP contribution < -0.4 is 10.5 Å². The number of pyridine rings is 1. The van der Waals surface area contributed by atoms with Crippen molar-refractivity contribution in [1.82, 2.24) is 4.98 Å². The third-order valence-corrected chi connectivity index (χ3v) is 3.36. The van der Waals surface area contributed by atoms with Gasteiger partial charge < -0.3 is 10.5 Å². The summed E-state index contributed by atoms with van der Waals surface area (Å²) >= 11 is 0. The van der Waals surface area contributed by atoms with E-state index in [0.29, 0.717) is 6.54 Å². The molecule has 3 heteroatoms. The molecule has 1 aromatic heterocycles. The fourth-order valence-corrected chi connectivity index (χ4v) is 2.24. The minimum absolute atomic E-state index is 0.670. The van der Waals surface area contributed by atoms with Crippen molar-refractivity contribution in [3.05, 3.63) is 52.8 Å². The van der Waals surface area contributed by atoms with Crippen LogP contribution in [0.2, 0.25) is 0 Å². The molecule has 2 rings (SSSR count). The van der Waals surface area contributed by atoms with E-state index in [4.69, 9.17) is 10.5 Å². The summed E-state index contributed by atoms with van der Waals surface area (Å²) in [7, 11) is 0. The van der Waals surface area contributed by atoms with Crippen LogP contribution >= 0.6 is 0 Å². The van der Waals surface area contributed by atoms with Crippen molar-refractivity contribution in [1.29, 1.82) is 0 Å². The first-order valence-corrected chi connectivity index (χ1v) is 7.08. The molecule has 1 aromatic carbocycles. The van der Waals surface area contributed by atoms with Gasteiger partial charge in [-0.15, -0.1) is 0 Å². The zero-order valence-corrected chi connectivity index (χ0v) is 12.4. The van der Waals surface area contributed by atoms with Crippen molar-refractivity contribution in [2.45, 2.75) is 33.6 Å². The second-order valence-electron chi connectivity index (χ2n) is 4.98. The topological polar surface area (TPSA) is 48.1 Å². The monoisotopic (exact) mass is 270 g/mol. The molecule has 3 nitrogen and oxygen atoms in total. The van der Waals surface area contributed by atoms with Crippen LogP contribution in [0.1, 0.15) is 29.4 Å². The smallest absolute Gasteiger partial charge is 0.148 e. The molecule has 0 saturated carbocycles. The Labute approximate surface area is 120 Å². The maximum absolute atomic E-state index is 5.98. The minimum Gasteiger partial charge on any atom is -0.455 e. The van der Waals surface area contributed by atoms with Crippen molar-refractivity contribution < 1.29 is 4.74 Å². The predicted octanol–water partition coefficient (Wildman–Crippen LogP) is 3.55. The number of benzene rings is 1. The molecule has 0 aliphatic carbocycles. The zero-order valence-electron chi connectivity index (χ0n) is 12.4. The van der Waals surface area contributed by atoms with Crippen molar-refractivity contribution in [2.75, 3.05) is 6.54 Å². The van der Waals surface area contributed by atoms with Gasteiger partial charge in [-0.05, 0) is 68.6 Å². The fraction of sp³-hybridized carbons (Fsp3) is 0.353. The molecule has 0 amide bonds. The number of aryl methyl sites for hydroxylation is 3. The van der Waals surface area contributed by atoms with Crippen LogP contribution in [-0.2, 0) is 12.8 Å². The summed E-state index contributed by atoms with van der Waals surface area (Å²) in [6.07, 6.45) is 1.76. The zero-order chi connectivity index (χ0) is 14.5. The molecule has 20 heavy (non-hydrogen) atoms. The van der Waals surface area contributed by atoms with E-state index in [1.165, 1.54) is 11.1 Å². The van der Waals surface area contributed by atoms with Gasteiger partial charge in [0.05, 0.1) is 5.69 Å². The largest absolute Gasteiger partial charge is 0.455 e. The van der Waals surface area contributed by atoms with Gasteiger partial charge >= 0.3 is 0 Å².